The summed E-state index contributed by atoms with van der Waals surface area (Å²) in [6, 6.07) is 7.25. The van der Waals surface area contributed by atoms with Crippen LogP contribution in [0, 0.1) is 0 Å². The van der Waals surface area contributed by atoms with Gasteiger partial charge in [0.25, 0.3) is 5.91 Å². The Balaban J connectivity index is 1.74. The Morgan fingerprint density at radius 1 is 1.13 bits per heavy atom. The molecule has 1 aliphatic heterocycles. The molecule has 168 valence electrons. The summed E-state index contributed by atoms with van der Waals surface area (Å²) in [5, 5.41) is 3.22. The lowest BCUT2D eigenvalue weighted by molar-refractivity contribution is -0.153. The molecule has 1 aromatic carbocycles. The maximum absolute atomic E-state index is 13.5. The molecular weight excluding hydrogens is 435 g/mol. The third-order valence-electron chi connectivity index (χ3n) is 4.83. The van der Waals surface area contributed by atoms with Gasteiger partial charge in [-0.3, -0.25) is 14.5 Å². The monoisotopic (exact) mass is 457 g/mol. The number of hydrogen-bond donors (Lipinski definition) is 1. The zero-order valence-electron chi connectivity index (χ0n) is 17.1. The Bertz CT molecular complexity index is 934. The fourth-order valence-electron chi connectivity index (χ4n) is 3.37. The van der Waals surface area contributed by atoms with Gasteiger partial charge in [-0.2, -0.15) is 13.2 Å². The number of benzene rings is 1. The number of piperazine rings is 1. The highest BCUT2D eigenvalue weighted by Crippen LogP contribution is 2.38. The first-order valence-electron chi connectivity index (χ1n) is 9.82. The summed E-state index contributed by atoms with van der Waals surface area (Å²) in [5.74, 6) is -2.25. The number of hydrogen-bond acceptors (Lipinski definition) is 4. The van der Waals surface area contributed by atoms with Crippen molar-refractivity contribution >= 4 is 23.4 Å². The van der Waals surface area contributed by atoms with Crippen LogP contribution in [0.15, 0.2) is 34.7 Å². The molecule has 0 bridgehead atoms. The molecule has 2 heterocycles. The lowest BCUT2D eigenvalue weighted by atomic mass is 10.1. The van der Waals surface area contributed by atoms with E-state index >= 15 is 0 Å². The zero-order valence-corrected chi connectivity index (χ0v) is 17.9. The highest BCUT2D eigenvalue weighted by Gasteiger charge is 2.41. The van der Waals surface area contributed by atoms with Crippen LogP contribution in [0.3, 0.4) is 0 Å². The zero-order chi connectivity index (χ0) is 22.8. The minimum absolute atomic E-state index is 0.0204. The fraction of sp³-hybridized carbons (Fsp3) is 0.429. The van der Waals surface area contributed by atoms with E-state index in [1.807, 2.05) is 18.7 Å². The summed E-state index contributed by atoms with van der Waals surface area (Å²) in [4.78, 5) is 28.0. The summed E-state index contributed by atoms with van der Waals surface area (Å²) < 4.78 is 45.7. The van der Waals surface area contributed by atoms with Gasteiger partial charge in [-0.1, -0.05) is 11.6 Å². The minimum atomic E-state index is -4.81. The number of furan rings is 1. The van der Waals surface area contributed by atoms with Crippen molar-refractivity contribution in [2.45, 2.75) is 26.1 Å². The van der Waals surface area contributed by atoms with E-state index in [9.17, 15) is 22.8 Å². The van der Waals surface area contributed by atoms with Gasteiger partial charge in [0.1, 0.15) is 5.76 Å². The summed E-state index contributed by atoms with van der Waals surface area (Å²) in [7, 11) is 0. The molecule has 1 aromatic heterocycles. The van der Waals surface area contributed by atoms with E-state index in [4.69, 9.17) is 16.0 Å². The van der Waals surface area contributed by atoms with Crippen molar-refractivity contribution in [3.05, 3.63) is 46.7 Å². The largest absolute Gasteiger partial charge is 0.451 e. The van der Waals surface area contributed by atoms with Gasteiger partial charge >= 0.3 is 6.18 Å². The van der Waals surface area contributed by atoms with Crippen LogP contribution in [0.1, 0.15) is 30.0 Å². The third kappa shape index (κ3) is 5.80. The number of nitrogens with one attached hydrogen (secondary N) is 1. The van der Waals surface area contributed by atoms with Crippen LogP contribution in [0.5, 0.6) is 0 Å². The molecule has 0 atom stereocenters. The van der Waals surface area contributed by atoms with Gasteiger partial charge in [0, 0.05) is 42.8 Å². The quantitative estimate of drug-likeness (QED) is 0.739. The summed E-state index contributed by atoms with van der Waals surface area (Å²) in [5.41, 5.74) is -0.140. The van der Waals surface area contributed by atoms with Crippen LogP contribution in [0.4, 0.5) is 13.2 Å². The average Bonchev–Trinajstić information content (AvgIpc) is 3.14. The van der Waals surface area contributed by atoms with E-state index < -0.39 is 23.4 Å². The van der Waals surface area contributed by atoms with Crippen LogP contribution in [-0.2, 0) is 11.0 Å². The second-order valence-corrected chi connectivity index (χ2v) is 8.09. The van der Waals surface area contributed by atoms with E-state index in [0.717, 1.165) is 6.07 Å². The standard InChI is InChI=1S/C21H23ClF3N3O3/c1-13(2)26-18(29)12-27-7-9-28(10-8-27)20(30)16-11-17(31-19(16)21(23,24)25)14-3-5-15(22)6-4-14/h3-6,11,13H,7-10,12H2,1-2H3,(H,26,29). The summed E-state index contributed by atoms with van der Waals surface area (Å²) in [6.45, 7) is 5.10. The minimum Gasteiger partial charge on any atom is -0.451 e. The van der Waals surface area contributed by atoms with Crippen molar-refractivity contribution in [3.63, 3.8) is 0 Å². The van der Waals surface area contributed by atoms with Crippen molar-refractivity contribution in [1.29, 1.82) is 0 Å². The van der Waals surface area contributed by atoms with Gasteiger partial charge in [0.15, 0.2) is 0 Å². The molecule has 1 aliphatic rings. The molecule has 3 rings (SSSR count). The molecule has 31 heavy (non-hydrogen) atoms. The van der Waals surface area contributed by atoms with E-state index in [-0.39, 0.29) is 37.3 Å². The fourth-order valence-corrected chi connectivity index (χ4v) is 3.49. The Morgan fingerprint density at radius 3 is 2.29 bits per heavy atom. The van der Waals surface area contributed by atoms with E-state index in [1.165, 1.54) is 29.2 Å². The summed E-state index contributed by atoms with van der Waals surface area (Å²) >= 11 is 5.83. The first-order valence-corrected chi connectivity index (χ1v) is 10.2. The lowest BCUT2D eigenvalue weighted by Crippen LogP contribution is -2.51. The average molecular weight is 458 g/mol. The molecule has 2 amide bonds. The number of alkyl halides is 3. The van der Waals surface area contributed by atoms with Crippen molar-refractivity contribution in [2.24, 2.45) is 0 Å². The number of amides is 2. The first kappa shape index (κ1) is 23.1. The molecule has 0 unspecified atom stereocenters. The van der Waals surface area contributed by atoms with Crippen LogP contribution in [-0.4, -0.2) is 60.4 Å². The number of halogens is 4. The molecule has 2 aromatic rings. The van der Waals surface area contributed by atoms with Gasteiger partial charge in [0.2, 0.25) is 11.7 Å². The van der Waals surface area contributed by atoms with Gasteiger partial charge in [0.05, 0.1) is 12.1 Å². The molecule has 1 fully saturated rings. The van der Waals surface area contributed by atoms with E-state index in [1.54, 1.807) is 0 Å². The second-order valence-electron chi connectivity index (χ2n) is 7.65. The van der Waals surface area contributed by atoms with Crippen LogP contribution < -0.4 is 5.32 Å². The van der Waals surface area contributed by atoms with Crippen molar-refractivity contribution in [1.82, 2.24) is 15.1 Å². The molecule has 0 spiro atoms. The van der Waals surface area contributed by atoms with E-state index in [0.29, 0.717) is 23.7 Å². The van der Waals surface area contributed by atoms with Crippen LogP contribution in [0.25, 0.3) is 11.3 Å². The van der Waals surface area contributed by atoms with Crippen LogP contribution >= 0.6 is 11.6 Å². The molecule has 10 heteroatoms. The topological polar surface area (TPSA) is 65.8 Å². The Kier molecular flexibility index (Phi) is 6.96. The van der Waals surface area contributed by atoms with Gasteiger partial charge in [-0.25, -0.2) is 0 Å². The van der Waals surface area contributed by atoms with E-state index in [2.05, 4.69) is 5.32 Å². The van der Waals surface area contributed by atoms with Crippen molar-refractivity contribution in [2.75, 3.05) is 32.7 Å². The Labute approximate surface area is 182 Å². The van der Waals surface area contributed by atoms with Crippen molar-refractivity contribution < 1.29 is 27.2 Å². The first-order chi connectivity index (χ1) is 14.5. The number of rotatable bonds is 5. The molecule has 0 aliphatic carbocycles. The highest BCUT2D eigenvalue weighted by molar-refractivity contribution is 6.30. The van der Waals surface area contributed by atoms with Gasteiger partial charge in [-0.05, 0) is 44.2 Å². The van der Waals surface area contributed by atoms with Gasteiger partial charge in [-0.15, -0.1) is 0 Å². The number of nitrogens with zero attached hydrogens (tertiary/aromatic N) is 2. The SMILES string of the molecule is CC(C)NC(=O)CN1CCN(C(=O)c2cc(-c3ccc(Cl)cc3)oc2C(F)(F)F)CC1. The molecule has 0 radical (unpaired) electrons. The Morgan fingerprint density at radius 2 is 1.74 bits per heavy atom. The molecular formula is C21H23ClF3N3O3. The molecule has 1 N–H and O–H groups in total. The lowest BCUT2D eigenvalue weighted by Gasteiger charge is -2.34. The normalized spacial score (nSPS) is 15.4. The third-order valence-corrected chi connectivity index (χ3v) is 5.08. The molecule has 6 nitrogen and oxygen atoms in total. The maximum Gasteiger partial charge on any atom is 0.450 e. The second kappa shape index (κ2) is 9.32. The maximum atomic E-state index is 13.5. The molecule has 0 saturated carbocycles. The van der Waals surface area contributed by atoms with Crippen molar-refractivity contribution in [3.8, 4) is 11.3 Å². The smallest absolute Gasteiger partial charge is 0.450 e. The molecule has 1 saturated heterocycles. The van der Waals surface area contributed by atoms with Gasteiger partial charge < -0.3 is 14.6 Å². The predicted octanol–water partition coefficient (Wildman–Crippen LogP) is 3.90. The van der Waals surface area contributed by atoms with Crippen LogP contribution in [0.2, 0.25) is 5.02 Å². The predicted molar refractivity (Wildman–Crippen MR) is 110 cm³/mol. The summed E-state index contributed by atoms with van der Waals surface area (Å²) in [6.07, 6.45) is -4.81. The Hall–Kier alpha value is -2.52. The number of carbonyl (C=O) groups excluding carboxylic acids is 2. The highest BCUT2D eigenvalue weighted by atomic mass is 35.5. The number of carbonyl (C=O) groups is 2.